The van der Waals surface area contributed by atoms with Crippen LogP contribution in [0.15, 0.2) is 29.6 Å². The van der Waals surface area contributed by atoms with Crippen molar-refractivity contribution in [1.29, 1.82) is 0 Å². The summed E-state index contributed by atoms with van der Waals surface area (Å²) < 4.78 is 1.95. The molecule has 0 saturated carbocycles. The lowest BCUT2D eigenvalue weighted by Gasteiger charge is -2.02. The van der Waals surface area contributed by atoms with Crippen LogP contribution in [0.4, 0.5) is 0 Å². The lowest BCUT2D eigenvalue weighted by atomic mass is 10.1. The Balaban J connectivity index is 2.49. The minimum absolute atomic E-state index is 0.116. The van der Waals surface area contributed by atoms with E-state index >= 15 is 0 Å². The van der Waals surface area contributed by atoms with Gasteiger partial charge in [0.15, 0.2) is 5.84 Å². The van der Waals surface area contributed by atoms with E-state index in [1.807, 2.05) is 22.9 Å². The highest BCUT2D eigenvalue weighted by atomic mass is 16.4. The van der Waals surface area contributed by atoms with Crippen molar-refractivity contribution >= 4 is 16.7 Å². The van der Waals surface area contributed by atoms with E-state index in [9.17, 15) is 0 Å². The van der Waals surface area contributed by atoms with E-state index in [-0.39, 0.29) is 5.84 Å². The van der Waals surface area contributed by atoms with Crippen molar-refractivity contribution in [1.82, 2.24) is 9.78 Å². The lowest BCUT2D eigenvalue weighted by Crippen LogP contribution is -2.12. The second-order valence-electron chi connectivity index (χ2n) is 3.63. The Morgan fingerprint density at radius 3 is 3.06 bits per heavy atom. The van der Waals surface area contributed by atoms with Crippen molar-refractivity contribution < 1.29 is 5.21 Å². The van der Waals surface area contributed by atoms with Crippen LogP contribution in [0.3, 0.4) is 0 Å². The number of nitrogens with zero attached hydrogens (tertiary/aromatic N) is 3. The summed E-state index contributed by atoms with van der Waals surface area (Å²) in [6, 6.07) is 5.63. The molecule has 5 heteroatoms. The Bertz CT molecular complexity index is 530. The van der Waals surface area contributed by atoms with Crippen LogP contribution < -0.4 is 5.73 Å². The van der Waals surface area contributed by atoms with Crippen LogP contribution in [0.2, 0.25) is 0 Å². The molecule has 16 heavy (non-hydrogen) atoms. The number of aromatic nitrogens is 2. The molecule has 1 aromatic heterocycles. The Morgan fingerprint density at radius 1 is 1.56 bits per heavy atom. The SMILES string of the molecule is CCCn1ncc2cc(/C(N)=N\O)ccc21. The van der Waals surface area contributed by atoms with Crippen LogP contribution in [-0.4, -0.2) is 20.8 Å². The Labute approximate surface area is 93.2 Å². The molecule has 0 bridgehead atoms. The van der Waals surface area contributed by atoms with Crippen LogP contribution in [0.25, 0.3) is 10.9 Å². The molecule has 1 heterocycles. The second-order valence-corrected chi connectivity index (χ2v) is 3.63. The van der Waals surface area contributed by atoms with E-state index in [1.54, 1.807) is 6.20 Å². The van der Waals surface area contributed by atoms with Gasteiger partial charge in [0.25, 0.3) is 0 Å². The average molecular weight is 218 g/mol. The van der Waals surface area contributed by atoms with Gasteiger partial charge in [0, 0.05) is 17.5 Å². The van der Waals surface area contributed by atoms with Crippen LogP contribution in [0, 0.1) is 0 Å². The van der Waals surface area contributed by atoms with Crippen molar-refractivity contribution in [2.45, 2.75) is 19.9 Å². The standard InChI is InChI=1S/C11H14N4O/c1-2-5-15-10-4-3-8(11(12)14-16)6-9(10)7-13-15/h3-4,6-7,16H,2,5H2,1H3,(H2,12,14). The van der Waals surface area contributed by atoms with Gasteiger partial charge in [0.05, 0.1) is 11.7 Å². The summed E-state index contributed by atoms with van der Waals surface area (Å²) in [6.45, 7) is 3.00. The predicted molar refractivity (Wildman–Crippen MR) is 62.5 cm³/mol. The highest BCUT2D eigenvalue weighted by molar-refractivity contribution is 6.00. The number of rotatable bonds is 3. The molecule has 84 valence electrons. The number of nitrogens with two attached hydrogens (primary N) is 1. The summed E-state index contributed by atoms with van der Waals surface area (Å²) in [6.07, 6.45) is 2.83. The molecule has 0 saturated heterocycles. The number of hydrogen-bond acceptors (Lipinski definition) is 3. The summed E-state index contributed by atoms with van der Waals surface area (Å²) in [5.41, 5.74) is 7.29. The summed E-state index contributed by atoms with van der Waals surface area (Å²) >= 11 is 0. The molecule has 2 rings (SSSR count). The number of amidine groups is 1. The maximum Gasteiger partial charge on any atom is 0.170 e. The van der Waals surface area contributed by atoms with Gasteiger partial charge in [-0.3, -0.25) is 4.68 Å². The number of fused-ring (bicyclic) bond motifs is 1. The molecule has 5 nitrogen and oxygen atoms in total. The average Bonchev–Trinajstić information content (AvgIpc) is 2.71. The number of aryl methyl sites for hydroxylation is 1. The van der Waals surface area contributed by atoms with E-state index in [2.05, 4.69) is 17.2 Å². The molecular weight excluding hydrogens is 204 g/mol. The van der Waals surface area contributed by atoms with Gasteiger partial charge in [-0.15, -0.1) is 0 Å². The van der Waals surface area contributed by atoms with E-state index < -0.39 is 0 Å². The summed E-state index contributed by atoms with van der Waals surface area (Å²) in [7, 11) is 0. The van der Waals surface area contributed by atoms with Crippen LogP contribution in [-0.2, 0) is 6.54 Å². The Kier molecular flexibility index (Phi) is 2.76. The highest BCUT2D eigenvalue weighted by Gasteiger charge is 2.05. The minimum Gasteiger partial charge on any atom is -0.409 e. The normalized spacial score (nSPS) is 12.2. The second kappa shape index (κ2) is 4.22. The monoisotopic (exact) mass is 218 g/mol. The third-order valence-electron chi connectivity index (χ3n) is 2.48. The van der Waals surface area contributed by atoms with Gasteiger partial charge < -0.3 is 10.9 Å². The molecule has 0 aliphatic heterocycles. The lowest BCUT2D eigenvalue weighted by molar-refractivity contribution is 0.318. The Morgan fingerprint density at radius 2 is 2.38 bits per heavy atom. The van der Waals surface area contributed by atoms with E-state index in [4.69, 9.17) is 10.9 Å². The first kappa shape index (κ1) is 10.5. The summed E-state index contributed by atoms with van der Waals surface area (Å²) in [4.78, 5) is 0. The molecule has 0 fully saturated rings. The predicted octanol–water partition coefficient (Wildman–Crippen LogP) is 1.54. The van der Waals surface area contributed by atoms with Gasteiger partial charge in [-0.2, -0.15) is 5.10 Å². The fourth-order valence-corrected chi connectivity index (χ4v) is 1.69. The van der Waals surface area contributed by atoms with Gasteiger partial charge in [-0.1, -0.05) is 12.1 Å². The molecule has 0 aliphatic carbocycles. The maximum absolute atomic E-state index is 8.59. The fourth-order valence-electron chi connectivity index (χ4n) is 1.69. The highest BCUT2D eigenvalue weighted by Crippen LogP contribution is 2.16. The molecule has 0 amide bonds. The van der Waals surface area contributed by atoms with Crippen molar-refractivity contribution in [3.05, 3.63) is 30.0 Å². The molecule has 0 atom stereocenters. The first-order chi connectivity index (χ1) is 7.76. The third kappa shape index (κ3) is 1.71. The van der Waals surface area contributed by atoms with Crippen molar-refractivity contribution in [2.75, 3.05) is 0 Å². The van der Waals surface area contributed by atoms with Crippen molar-refractivity contribution in [3.63, 3.8) is 0 Å². The first-order valence-corrected chi connectivity index (χ1v) is 5.19. The van der Waals surface area contributed by atoms with E-state index in [0.717, 1.165) is 23.9 Å². The van der Waals surface area contributed by atoms with E-state index in [1.165, 1.54) is 0 Å². The zero-order valence-electron chi connectivity index (χ0n) is 9.09. The van der Waals surface area contributed by atoms with Gasteiger partial charge >= 0.3 is 0 Å². The largest absolute Gasteiger partial charge is 0.409 e. The topological polar surface area (TPSA) is 76.4 Å². The maximum atomic E-state index is 8.59. The first-order valence-electron chi connectivity index (χ1n) is 5.19. The number of benzene rings is 1. The molecule has 2 aromatic rings. The summed E-state index contributed by atoms with van der Waals surface area (Å²) in [5, 5.41) is 16.9. The molecule has 0 aliphatic rings. The third-order valence-corrected chi connectivity index (χ3v) is 2.48. The van der Waals surface area contributed by atoms with Gasteiger partial charge in [0.2, 0.25) is 0 Å². The molecule has 1 aromatic carbocycles. The van der Waals surface area contributed by atoms with Crippen molar-refractivity contribution in [2.24, 2.45) is 10.9 Å². The van der Waals surface area contributed by atoms with Crippen LogP contribution in [0.5, 0.6) is 0 Å². The molecule has 3 N–H and O–H groups in total. The van der Waals surface area contributed by atoms with Crippen LogP contribution in [0.1, 0.15) is 18.9 Å². The van der Waals surface area contributed by atoms with Gasteiger partial charge in [0.1, 0.15) is 0 Å². The quantitative estimate of drug-likeness (QED) is 0.355. The van der Waals surface area contributed by atoms with Gasteiger partial charge in [-0.05, 0) is 24.6 Å². The van der Waals surface area contributed by atoms with E-state index in [0.29, 0.717) is 5.56 Å². The molecule has 0 radical (unpaired) electrons. The molecular formula is C11H14N4O. The van der Waals surface area contributed by atoms with Crippen LogP contribution >= 0.6 is 0 Å². The smallest absolute Gasteiger partial charge is 0.170 e. The molecule has 0 unspecified atom stereocenters. The van der Waals surface area contributed by atoms with Crippen molar-refractivity contribution in [3.8, 4) is 0 Å². The van der Waals surface area contributed by atoms with Gasteiger partial charge in [-0.25, -0.2) is 0 Å². The zero-order chi connectivity index (χ0) is 11.5. The number of oxime groups is 1. The Hall–Kier alpha value is -2.04. The molecule has 0 spiro atoms. The number of hydrogen-bond donors (Lipinski definition) is 2. The zero-order valence-corrected chi connectivity index (χ0v) is 9.09. The fraction of sp³-hybridized carbons (Fsp3) is 0.273. The summed E-state index contributed by atoms with van der Waals surface area (Å²) in [5.74, 6) is 0.116. The minimum atomic E-state index is 0.116.